The number of imidazole rings is 1. The molecule has 1 aliphatic rings. The second-order valence-electron chi connectivity index (χ2n) is 8.02. The lowest BCUT2D eigenvalue weighted by molar-refractivity contribution is -0.116. The van der Waals surface area contributed by atoms with Crippen LogP contribution in [0.3, 0.4) is 0 Å². The molecule has 0 bridgehead atoms. The van der Waals surface area contributed by atoms with Crippen molar-refractivity contribution in [3.8, 4) is 0 Å². The van der Waals surface area contributed by atoms with Gasteiger partial charge in [0.15, 0.2) is 0 Å². The van der Waals surface area contributed by atoms with Crippen LogP contribution >= 0.6 is 0 Å². The zero-order valence-corrected chi connectivity index (χ0v) is 18.2. The van der Waals surface area contributed by atoms with Crippen LogP contribution < -0.4 is 5.32 Å². The molecule has 7 heteroatoms. The average Bonchev–Trinajstić information content (AvgIpc) is 3.09. The molecule has 162 valence electrons. The van der Waals surface area contributed by atoms with E-state index in [1.165, 1.54) is 0 Å². The van der Waals surface area contributed by atoms with Crippen molar-refractivity contribution in [2.75, 3.05) is 31.5 Å². The first-order valence-electron chi connectivity index (χ1n) is 10.9. The zero-order valence-electron chi connectivity index (χ0n) is 18.2. The first kappa shape index (κ1) is 21.1. The first-order chi connectivity index (χ1) is 15.0. The average molecular weight is 420 g/mol. The fourth-order valence-electron chi connectivity index (χ4n) is 3.99. The number of carbonyl (C=O) groups is 2. The number of nitrogens with zero attached hydrogens (tertiary/aromatic N) is 4. The summed E-state index contributed by atoms with van der Waals surface area (Å²) in [5, 5.41) is 2.94. The predicted octanol–water partition coefficient (Wildman–Crippen LogP) is 3.27. The van der Waals surface area contributed by atoms with Gasteiger partial charge in [0.25, 0.3) is 5.91 Å². The molecule has 0 unspecified atom stereocenters. The molecule has 2 aromatic carbocycles. The van der Waals surface area contributed by atoms with E-state index >= 15 is 0 Å². The molecule has 2 heterocycles. The summed E-state index contributed by atoms with van der Waals surface area (Å²) in [5.74, 6) is 1.11. The van der Waals surface area contributed by atoms with E-state index in [1.807, 2.05) is 67.4 Å². The molecule has 0 saturated carbocycles. The molecule has 0 atom stereocenters. The third kappa shape index (κ3) is 4.77. The molecule has 0 aliphatic carbocycles. The largest absolute Gasteiger partial charge is 0.336 e. The van der Waals surface area contributed by atoms with Crippen molar-refractivity contribution >= 4 is 28.5 Å². The molecule has 0 radical (unpaired) electrons. The number of piperazine rings is 1. The van der Waals surface area contributed by atoms with Gasteiger partial charge in [0.1, 0.15) is 5.82 Å². The maximum Gasteiger partial charge on any atom is 0.253 e. The maximum absolute atomic E-state index is 12.6. The van der Waals surface area contributed by atoms with Crippen molar-refractivity contribution in [3.63, 3.8) is 0 Å². The van der Waals surface area contributed by atoms with Crippen LogP contribution in [0.4, 0.5) is 5.69 Å². The molecule has 1 aromatic heterocycles. The summed E-state index contributed by atoms with van der Waals surface area (Å²) in [6, 6.07) is 15.3. The van der Waals surface area contributed by atoms with E-state index in [0.717, 1.165) is 54.2 Å². The number of benzene rings is 2. The van der Waals surface area contributed by atoms with Crippen LogP contribution in [0.15, 0.2) is 48.5 Å². The van der Waals surface area contributed by atoms with Crippen LogP contribution in [-0.4, -0.2) is 57.3 Å². The molecule has 31 heavy (non-hydrogen) atoms. The van der Waals surface area contributed by atoms with E-state index in [-0.39, 0.29) is 11.8 Å². The minimum absolute atomic E-state index is 0.0286. The Bertz CT molecular complexity index is 1070. The number of fused-ring (bicyclic) bond motifs is 1. The summed E-state index contributed by atoms with van der Waals surface area (Å²) in [7, 11) is 2.02. The minimum atomic E-state index is 0.0286. The molecule has 1 fully saturated rings. The second kappa shape index (κ2) is 9.31. The Morgan fingerprint density at radius 2 is 1.77 bits per heavy atom. The van der Waals surface area contributed by atoms with Gasteiger partial charge in [-0.2, -0.15) is 0 Å². The molecule has 3 aromatic rings. The summed E-state index contributed by atoms with van der Waals surface area (Å²) in [5.41, 5.74) is 3.45. The molecule has 1 N–H and O–H groups in total. The number of rotatable bonds is 6. The quantitative estimate of drug-likeness (QED) is 0.666. The van der Waals surface area contributed by atoms with E-state index in [2.05, 4.69) is 14.8 Å². The Kier molecular flexibility index (Phi) is 6.32. The van der Waals surface area contributed by atoms with Gasteiger partial charge in [0.2, 0.25) is 5.91 Å². The molecule has 4 rings (SSSR count). The summed E-state index contributed by atoms with van der Waals surface area (Å²) in [6.07, 6.45) is 1.34. The standard InChI is InChI=1S/C24H29N5O2/c1-3-7-23(30)25-19-10-11-21-20(16-19)26-22(27(21)2)17-28-12-14-29(15-13-28)24(31)18-8-5-4-6-9-18/h4-6,8-11,16H,3,7,12-15,17H2,1-2H3,(H,25,30). The van der Waals surface area contributed by atoms with Crippen molar-refractivity contribution in [2.24, 2.45) is 7.05 Å². The van der Waals surface area contributed by atoms with E-state index in [9.17, 15) is 9.59 Å². The molecule has 7 nitrogen and oxygen atoms in total. The van der Waals surface area contributed by atoms with Gasteiger partial charge < -0.3 is 14.8 Å². The van der Waals surface area contributed by atoms with Crippen LogP contribution in [0.1, 0.15) is 35.9 Å². The van der Waals surface area contributed by atoms with E-state index < -0.39 is 0 Å². The molecular weight excluding hydrogens is 390 g/mol. The summed E-state index contributed by atoms with van der Waals surface area (Å²) >= 11 is 0. The lowest BCUT2D eigenvalue weighted by Crippen LogP contribution is -2.48. The minimum Gasteiger partial charge on any atom is -0.336 e. The number of anilines is 1. The maximum atomic E-state index is 12.6. The Labute approximate surface area is 182 Å². The van der Waals surface area contributed by atoms with Gasteiger partial charge in [-0.25, -0.2) is 4.98 Å². The molecule has 1 saturated heterocycles. The van der Waals surface area contributed by atoms with E-state index in [4.69, 9.17) is 4.98 Å². The first-order valence-corrected chi connectivity index (χ1v) is 10.9. The van der Waals surface area contributed by atoms with Gasteiger partial charge in [-0.15, -0.1) is 0 Å². The third-order valence-electron chi connectivity index (χ3n) is 5.78. The van der Waals surface area contributed by atoms with Crippen molar-refractivity contribution in [2.45, 2.75) is 26.3 Å². The fraction of sp³-hybridized carbons (Fsp3) is 0.375. The number of hydrogen-bond donors (Lipinski definition) is 1. The SMILES string of the molecule is CCCC(=O)Nc1ccc2c(c1)nc(CN1CCN(C(=O)c3ccccc3)CC1)n2C. The molecule has 1 aliphatic heterocycles. The van der Waals surface area contributed by atoms with Crippen molar-refractivity contribution in [1.29, 1.82) is 0 Å². The van der Waals surface area contributed by atoms with Crippen LogP contribution in [0.25, 0.3) is 11.0 Å². The summed E-state index contributed by atoms with van der Waals surface area (Å²) < 4.78 is 2.11. The molecule has 0 spiro atoms. The molecular formula is C24H29N5O2. The second-order valence-corrected chi connectivity index (χ2v) is 8.02. The highest BCUT2D eigenvalue weighted by atomic mass is 16.2. The monoisotopic (exact) mass is 419 g/mol. The van der Waals surface area contributed by atoms with Crippen LogP contribution in [0.5, 0.6) is 0 Å². The normalized spacial score (nSPS) is 14.7. The predicted molar refractivity (Wildman–Crippen MR) is 122 cm³/mol. The third-order valence-corrected chi connectivity index (χ3v) is 5.78. The van der Waals surface area contributed by atoms with E-state index in [0.29, 0.717) is 19.5 Å². The van der Waals surface area contributed by atoms with Crippen molar-refractivity contribution in [1.82, 2.24) is 19.4 Å². The van der Waals surface area contributed by atoms with Crippen LogP contribution in [0.2, 0.25) is 0 Å². The molecule has 2 amide bonds. The Morgan fingerprint density at radius 3 is 2.48 bits per heavy atom. The highest BCUT2D eigenvalue weighted by Gasteiger charge is 2.23. The lowest BCUT2D eigenvalue weighted by Gasteiger charge is -2.34. The number of nitrogens with one attached hydrogen (secondary N) is 1. The number of aryl methyl sites for hydroxylation is 1. The lowest BCUT2D eigenvalue weighted by atomic mass is 10.2. The summed E-state index contributed by atoms with van der Waals surface area (Å²) in [4.78, 5) is 33.6. The Morgan fingerprint density at radius 1 is 1.03 bits per heavy atom. The highest BCUT2D eigenvalue weighted by Crippen LogP contribution is 2.21. The number of amides is 2. The van der Waals surface area contributed by atoms with Crippen molar-refractivity contribution in [3.05, 3.63) is 59.9 Å². The van der Waals surface area contributed by atoms with Crippen molar-refractivity contribution < 1.29 is 9.59 Å². The number of hydrogen-bond acceptors (Lipinski definition) is 4. The van der Waals surface area contributed by atoms with Crippen LogP contribution in [-0.2, 0) is 18.4 Å². The smallest absolute Gasteiger partial charge is 0.253 e. The van der Waals surface area contributed by atoms with Gasteiger partial charge >= 0.3 is 0 Å². The zero-order chi connectivity index (χ0) is 21.8. The van der Waals surface area contributed by atoms with E-state index in [1.54, 1.807) is 0 Å². The van der Waals surface area contributed by atoms with Gasteiger partial charge in [0, 0.05) is 50.9 Å². The fourth-order valence-corrected chi connectivity index (χ4v) is 3.99. The van der Waals surface area contributed by atoms with Gasteiger partial charge in [-0.05, 0) is 36.8 Å². The van der Waals surface area contributed by atoms with Gasteiger partial charge in [0.05, 0.1) is 17.6 Å². The Hall–Kier alpha value is -3.19. The topological polar surface area (TPSA) is 70.5 Å². The van der Waals surface area contributed by atoms with Crippen LogP contribution in [0, 0.1) is 0 Å². The van der Waals surface area contributed by atoms with Gasteiger partial charge in [-0.1, -0.05) is 25.1 Å². The van der Waals surface area contributed by atoms with Gasteiger partial charge in [-0.3, -0.25) is 14.5 Å². The Balaban J connectivity index is 1.39. The number of aromatic nitrogens is 2. The number of carbonyl (C=O) groups excluding carboxylic acids is 2. The summed E-state index contributed by atoms with van der Waals surface area (Å²) in [6.45, 7) is 5.79. The highest BCUT2D eigenvalue weighted by molar-refractivity contribution is 5.94.